The number of hydrogen-bond acceptors (Lipinski definition) is 3. The second-order valence-electron chi connectivity index (χ2n) is 10.9. The summed E-state index contributed by atoms with van der Waals surface area (Å²) < 4.78 is 0. The third-order valence-electron chi connectivity index (χ3n) is 8.08. The first-order valence-corrected chi connectivity index (χ1v) is 14.5. The molecule has 1 heterocycles. The van der Waals surface area contributed by atoms with Gasteiger partial charge in [0, 0.05) is 23.9 Å². The summed E-state index contributed by atoms with van der Waals surface area (Å²) in [6, 6.07) is 11.7. The topological polar surface area (TPSA) is 49.6 Å². The van der Waals surface area contributed by atoms with Gasteiger partial charge in [-0.15, -0.1) is 0 Å². The molecule has 3 rings (SSSR count). The molecule has 3 heteroatoms. The number of unbranched alkanes of at least 4 members (excludes halogenated alkanes) is 9. The molecule has 2 aromatic rings. The predicted octanol–water partition coefficient (Wildman–Crippen LogP) is 9.57. The molecule has 1 aromatic heterocycles. The number of rotatable bonds is 15. The molecule has 3 nitrogen and oxygen atoms in total. The summed E-state index contributed by atoms with van der Waals surface area (Å²) >= 11 is 0. The van der Waals surface area contributed by atoms with E-state index in [0.717, 1.165) is 43.5 Å². The van der Waals surface area contributed by atoms with Crippen LogP contribution in [0.2, 0.25) is 0 Å². The Morgan fingerprint density at radius 1 is 0.771 bits per heavy atom. The van der Waals surface area contributed by atoms with Gasteiger partial charge in [0.05, 0.1) is 11.5 Å². The van der Waals surface area contributed by atoms with Crippen LogP contribution in [0.5, 0.6) is 0 Å². The fourth-order valence-corrected chi connectivity index (χ4v) is 5.58. The van der Waals surface area contributed by atoms with Gasteiger partial charge in [-0.2, -0.15) is 5.26 Å². The van der Waals surface area contributed by atoms with E-state index in [4.69, 9.17) is 9.97 Å². The maximum atomic E-state index is 9.86. The van der Waals surface area contributed by atoms with E-state index in [1.165, 1.54) is 88.2 Å². The quantitative estimate of drug-likeness (QED) is 0.242. The average molecular weight is 474 g/mol. The highest BCUT2D eigenvalue weighted by atomic mass is 14.9. The van der Waals surface area contributed by atoms with Gasteiger partial charge in [-0.05, 0) is 56.1 Å². The molecule has 0 saturated heterocycles. The largest absolute Gasteiger partial charge is 0.240 e. The number of nitriles is 1. The van der Waals surface area contributed by atoms with E-state index in [1.807, 2.05) is 12.4 Å². The Morgan fingerprint density at radius 2 is 1.34 bits per heavy atom. The van der Waals surface area contributed by atoms with Crippen molar-refractivity contribution in [1.82, 2.24) is 9.97 Å². The zero-order valence-corrected chi connectivity index (χ0v) is 22.4. The van der Waals surface area contributed by atoms with Crippen LogP contribution in [0.3, 0.4) is 0 Å². The maximum Gasteiger partial charge on any atom is 0.131 e. The molecule has 0 atom stereocenters. The van der Waals surface area contributed by atoms with Crippen LogP contribution in [0.1, 0.15) is 134 Å². The Morgan fingerprint density at radius 3 is 1.94 bits per heavy atom. The minimum atomic E-state index is -0.110. The molecule has 1 aliphatic carbocycles. The summed E-state index contributed by atoms with van der Waals surface area (Å²) in [5, 5.41) is 9.86. The molecule has 0 unspecified atom stereocenters. The van der Waals surface area contributed by atoms with Crippen molar-refractivity contribution in [3.63, 3.8) is 0 Å². The van der Waals surface area contributed by atoms with Crippen molar-refractivity contribution in [1.29, 1.82) is 5.26 Å². The van der Waals surface area contributed by atoms with Gasteiger partial charge in [0.25, 0.3) is 0 Å². The summed E-state index contributed by atoms with van der Waals surface area (Å²) in [6.45, 7) is 4.51. The minimum absolute atomic E-state index is 0.110. The molecule has 0 amide bonds. The van der Waals surface area contributed by atoms with Crippen LogP contribution in [0.15, 0.2) is 36.7 Å². The fourth-order valence-electron chi connectivity index (χ4n) is 5.58. The monoisotopic (exact) mass is 473 g/mol. The standard InChI is InChI=1S/C32H47N3/c1-3-5-7-9-10-11-12-14-27-15-17-28(18-16-27)30-24-34-31(35-25-30)29-19-22-32(26-33,23-20-29)21-13-8-6-4-2/h15-18,24-25,29H,3-14,19-23H2,1-2H3/t29-,32-. The summed E-state index contributed by atoms with van der Waals surface area (Å²) in [5.74, 6) is 1.35. The summed E-state index contributed by atoms with van der Waals surface area (Å²) in [7, 11) is 0. The molecule has 190 valence electrons. The van der Waals surface area contributed by atoms with Gasteiger partial charge >= 0.3 is 0 Å². The maximum absolute atomic E-state index is 9.86. The first-order valence-electron chi connectivity index (χ1n) is 14.5. The molecule has 1 fully saturated rings. The molecule has 0 bridgehead atoms. The van der Waals surface area contributed by atoms with Gasteiger partial charge in [-0.25, -0.2) is 9.97 Å². The average Bonchev–Trinajstić information content (AvgIpc) is 2.91. The van der Waals surface area contributed by atoms with Crippen molar-refractivity contribution in [3.8, 4) is 17.2 Å². The Labute approximate surface area is 214 Å². The molecule has 1 saturated carbocycles. The van der Waals surface area contributed by atoms with Crippen LogP contribution in [0.4, 0.5) is 0 Å². The van der Waals surface area contributed by atoms with Crippen molar-refractivity contribution in [2.24, 2.45) is 5.41 Å². The number of aryl methyl sites for hydroxylation is 1. The molecule has 35 heavy (non-hydrogen) atoms. The molecule has 0 radical (unpaired) electrons. The smallest absolute Gasteiger partial charge is 0.131 e. The Balaban J connectivity index is 1.45. The molecular formula is C32H47N3. The van der Waals surface area contributed by atoms with Crippen molar-refractivity contribution in [2.45, 2.75) is 129 Å². The number of hydrogen-bond donors (Lipinski definition) is 0. The fraction of sp³-hybridized carbons (Fsp3) is 0.656. The van der Waals surface area contributed by atoms with Crippen LogP contribution in [-0.4, -0.2) is 9.97 Å². The van der Waals surface area contributed by atoms with Crippen molar-refractivity contribution in [2.75, 3.05) is 0 Å². The lowest BCUT2D eigenvalue weighted by molar-refractivity contribution is 0.219. The van der Waals surface area contributed by atoms with E-state index < -0.39 is 0 Å². The number of benzene rings is 1. The Hall–Kier alpha value is -2.21. The molecule has 1 aliphatic rings. The van der Waals surface area contributed by atoms with E-state index in [0.29, 0.717) is 5.92 Å². The van der Waals surface area contributed by atoms with E-state index in [2.05, 4.69) is 44.2 Å². The normalized spacial score (nSPS) is 20.0. The zero-order chi connectivity index (χ0) is 24.8. The van der Waals surface area contributed by atoms with Crippen LogP contribution < -0.4 is 0 Å². The van der Waals surface area contributed by atoms with Gasteiger partial charge in [-0.3, -0.25) is 0 Å². The van der Waals surface area contributed by atoms with Gasteiger partial charge < -0.3 is 0 Å². The second kappa shape index (κ2) is 15.0. The zero-order valence-electron chi connectivity index (χ0n) is 22.4. The number of aromatic nitrogens is 2. The highest BCUT2D eigenvalue weighted by molar-refractivity contribution is 5.61. The third-order valence-corrected chi connectivity index (χ3v) is 8.08. The molecule has 1 aromatic carbocycles. The first-order chi connectivity index (χ1) is 17.2. The summed E-state index contributed by atoms with van der Waals surface area (Å²) in [4.78, 5) is 9.52. The lowest BCUT2D eigenvalue weighted by Gasteiger charge is -2.34. The van der Waals surface area contributed by atoms with Gasteiger partial charge in [-0.1, -0.05) is 102 Å². The highest BCUT2D eigenvalue weighted by Crippen LogP contribution is 2.45. The van der Waals surface area contributed by atoms with Gasteiger partial charge in [0.2, 0.25) is 0 Å². The van der Waals surface area contributed by atoms with Crippen molar-refractivity contribution in [3.05, 3.63) is 48.0 Å². The first kappa shape index (κ1) is 27.4. The van der Waals surface area contributed by atoms with E-state index in [1.54, 1.807) is 0 Å². The van der Waals surface area contributed by atoms with Crippen LogP contribution >= 0.6 is 0 Å². The highest BCUT2D eigenvalue weighted by Gasteiger charge is 2.36. The van der Waals surface area contributed by atoms with E-state index in [9.17, 15) is 5.26 Å². The Bertz CT molecular complexity index is 871. The van der Waals surface area contributed by atoms with Crippen molar-refractivity contribution < 1.29 is 0 Å². The number of nitrogens with zero attached hydrogens (tertiary/aromatic N) is 3. The second-order valence-corrected chi connectivity index (χ2v) is 10.9. The Kier molecular flexibility index (Phi) is 11.8. The lowest BCUT2D eigenvalue weighted by atomic mass is 9.68. The SMILES string of the molecule is CCCCCCCCCc1ccc(-c2cnc([C@H]3CC[C@@](C#N)(CCCCCC)CC3)nc2)cc1. The molecule has 0 N–H and O–H groups in total. The van der Waals surface area contributed by atoms with Crippen LogP contribution in [0.25, 0.3) is 11.1 Å². The van der Waals surface area contributed by atoms with Gasteiger partial charge in [0.1, 0.15) is 5.82 Å². The van der Waals surface area contributed by atoms with Crippen molar-refractivity contribution >= 4 is 0 Å². The van der Waals surface area contributed by atoms with Crippen LogP contribution in [-0.2, 0) is 6.42 Å². The molecule has 0 spiro atoms. The summed E-state index contributed by atoms with van der Waals surface area (Å²) in [6.07, 6.45) is 24.7. The molecule has 0 aliphatic heterocycles. The van der Waals surface area contributed by atoms with Gasteiger partial charge in [0.15, 0.2) is 0 Å². The predicted molar refractivity (Wildman–Crippen MR) is 147 cm³/mol. The molecular weight excluding hydrogens is 426 g/mol. The third kappa shape index (κ3) is 8.75. The van der Waals surface area contributed by atoms with E-state index in [-0.39, 0.29) is 5.41 Å². The minimum Gasteiger partial charge on any atom is -0.240 e. The van der Waals surface area contributed by atoms with Crippen LogP contribution in [0, 0.1) is 16.7 Å². The van der Waals surface area contributed by atoms with E-state index >= 15 is 0 Å². The summed E-state index contributed by atoms with van der Waals surface area (Å²) in [5.41, 5.74) is 3.60. The lowest BCUT2D eigenvalue weighted by Crippen LogP contribution is -2.26.